The normalized spacial score (nSPS) is 10.9. The highest BCUT2D eigenvalue weighted by atomic mass is 19.1. The zero-order valence-corrected chi connectivity index (χ0v) is 16.8. The molecule has 0 aliphatic rings. The number of amides is 1. The van der Waals surface area contributed by atoms with Gasteiger partial charge in [0.15, 0.2) is 5.65 Å². The fraction of sp³-hybridized carbons (Fsp3) is 0.174. The molecule has 0 aliphatic carbocycles. The Morgan fingerprint density at radius 3 is 2.47 bits per heavy atom. The monoisotopic (exact) mass is 403 g/mol. The van der Waals surface area contributed by atoms with Crippen molar-refractivity contribution in [2.75, 3.05) is 5.32 Å². The van der Waals surface area contributed by atoms with E-state index in [4.69, 9.17) is 0 Å². The average molecular weight is 403 g/mol. The molecule has 2 aromatic heterocycles. The number of nitrogens with one attached hydrogen (secondary N) is 2. The SMILES string of the molecule is Cc1nn(C)c2ncc(C(=O)NCc3ccc(F)cc3)c(NCc3ccccc3)c12. The lowest BCUT2D eigenvalue weighted by Crippen LogP contribution is -2.24. The van der Waals surface area contributed by atoms with Crippen LogP contribution in [0, 0.1) is 12.7 Å². The van der Waals surface area contributed by atoms with Crippen LogP contribution in [-0.4, -0.2) is 20.7 Å². The second-order valence-corrected chi connectivity index (χ2v) is 7.10. The van der Waals surface area contributed by atoms with Gasteiger partial charge in [0.05, 0.1) is 22.3 Å². The van der Waals surface area contributed by atoms with Gasteiger partial charge >= 0.3 is 0 Å². The number of rotatable bonds is 6. The summed E-state index contributed by atoms with van der Waals surface area (Å²) >= 11 is 0. The van der Waals surface area contributed by atoms with Crippen LogP contribution in [0.25, 0.3) is 11.0 Å². The number of aromatic nitrogens is 3. The molecule has 152 valence electrons. The van der Waals surface area contributed by atoms with E-state index in [9.17, 15) is 9.18 Å². The Hall–Kier alpha value is -3.74. The van der Waals surface area contributed by atoms with Gasteiger partial charge in [-0.05, 0) is 30.2 Å². The van der Waals surface area contributed by atoms with Gasteiger partial charge in [0.25, 0.3) is 5.91 Å². The van der Waals surface area contributed by atoms with Crippen LogP contribution >= 0.6 is 0 Å². The number of carbonyl (C=O) groups excluding carboxylic acids is 1. The number of anilines is 1. The van der Waals surface area contributed by atoms with Crippen LogP contribution in [-0.2, 0) is 20.1 Å². The number of hydrogen-bond donors (Lipinski definition) is 2. The van der Waals surface area contributed by atoms with Crippen molar-refractivity contribution in [1.82, 2.24) is 20.1 Å². The van der Waals surface area contributed by atoms with Gasteiger partial charge in [-0.1, -0.05) is 42.5 Å². The maximum absolute atomic E-state index is 13.1. The summed E-state index contributed by atoms with van der Waals surface area (Å²) in [6, 6.07) is 16.0. The molecule has 0 fully saturated rings. The van der Waals surface area contributed by atoms with E-state index >= 15 is 0 Å². The molecule has 0 bridgehead atoms. The summed E-state index contributed by atoms with van der Waals surface area (Å²) in [7, 11) is 1.83. The first-order valence-corrected chi connectivity index (χ1v) is 9.65. The Bertz CT molecular complexity index is 1190. The van der Waals surface area contributed by atoms with Gasteiger partial charge in [0, 0.05) is 26.3 Å². The van der Waals surface area contributed by atoms with E-state index in [1.54, 1.807) is 23.0 Å². The standard InChI is InChI=1S/C23H22FN5O/c1-15-20-21(25-12-16-6-4-3-5-7-16)19(14-26-22(20)29(2)28-15)23(30)27-13-17-8-10-18(24)11-9-17/h3-11,14H,12-13H2,1-2H3,(H,25,26)(H,27,30). The molecule has 2 N–H and O–H groups in total. The van der Waals surface area contributed by atoms with Crippen molar-refractivity contribution in [3.05, 3.63) is 89.0 Å². The predicted molar refractivity (Wildman–Crippen MR) is 115 cm³/mol. The molecule has 30 heavy (non-hydrogen) atoms. The number of benzene rings is 2. The van der Waals surface area contributed by atoms with Crippen LogP contribution < -0.4 is 10.6 Å². The molecule has 7 heteroatoms. The maximum atomic E-state index is 13.1. The van der Waals surface area contributed by atoms with Crippen molar-refractivity contribution >= 4 is 22.6 Å². The minimum atomic E-state index is -0.306. The molecule has 0 saturated heterocycles. The molecule has 0 spiro atoms. The van der Waals surface area contributed by atoms with Crippen molar-refractivity contribution < 1.29 is 9.18 Å². The molecule has 0 radical (unpaired) electrons. The Morgan fingerprint density at radius 2 is 1.73 bits per heavy atom. The van der Waals surface area contributed by atoms with Crippen LogP contribution in [0.2, 0.25) is 0 Å². The number of halogens is 1. The molecule has 2 heterocycles. The Balaban J connectivity index is 1.64. The lowest BCUT2D eigenvalue weighted by atomic mass is 10.1. The molecule has 0 aliphatic heterocycles. The quantitative estimate of drug-likeness (QED) is 0.511. The first kappa shape index (κ1) is 19.6. The molecule has 1 amide bonds. The average Bonchev–Trinajstić information content (AvgIpc) is 3.06. The van der Waals surface area contributed by atoms with E-state index in [1.165, 1.54) is 12.1 Å². The van der Waals surface area contributed by atoms with Crippen molar-refractivity contribution in [1.29, 1.82) is 0 Å². The first-order chi connectivity index (χ1) is 14.5. The molecular formula is C23H22FN5O. The summed E-state index contributed by atoms with van der Waals surface area (Å²) in [4.78, 5) is 17.4. The van der Waals surface area contributed by atoms with Gasteiger partial charge in [0.1, 0.15) is 5.82 Å². The highest BCUT2D eigenvalue weighted by Gasteiger charge is 2.19. The molecule has 4 rings (SSSR count). The lowest BCUT2D eigenvalue weighted by Gasteiger charge is -2.14. The Morgan fingerprint density at radius 1 is 1.03 bits per heavy atom. The Kier molecular flexibility index (Phi) is 5.43. The van der Waals surface area contributed by atoms with Gasteiger partial charge < -0.3 is 10.6 Å². The third-order valence-corrected chi connectivity index (χ3v) is 4.95. The minimum Gasteiger partial charge on any atom is -0.380 e. The highest BCUT2D eigenvalue weighted by molar-refractivity contribution is 6.07. The van der Waals surface area contributed by atoms with E-state index in [0.29, 0.717) is 30.0 Å². The molecule has 0 saturated carbocycles. The molecule has 0 unspecified atom stereocenters. The molecule has 2 aromatic carbocycles. The van der Waals surface area contributed by atoms with Gasteiger partial charge in [-0.15, -0.1) is 0 Å². The lowest BCUT2D eigenvalue weighted by molar-refractivity contribution is 0.0951. The summed E-state index contributed by atoms with van der Waals surface area (Å²) < 4.78 is 14.8. The van der Waals surface area contributed by atoms with Gasteiger partial charge in [-0.3, -0.25) is 9.48 Å². The van der Waals surface area contributed by atoms with Crippen LogP contribution in [0.3, 0.4) is 0 Å². The third-order valence-electron chi connectivity index (χ3n) is 4.95. The fourth-order valence-corrected chi connectivity index (χ4v) is 3.43. The molecule has 0 atom stereocenters. The number of nitrogens with zero attached hydrogens (tertiary/aromatic N) is 3. The number of carbonyl (C=O) groups is 1. The topological polar surface area (TPSA) is 71.8 Å². The van der Waals surface area contributed by atoms with E-state index in [0.717, 1.165) is 22.2 Å². The van der Waals surface area contributed by atoms with E-state index < -0.39 is 0 Å². The van der Waals surface area contributed by atoms with Crippen molar-refractivity contribution in [3.8, 4) is 0 Å². The number of pyridine rings is 1. The molecule has 4 aromatic rings. The Labute approximate surface area is 173 Å². The van der Waals surface area contributed by atoms with Gasteiger partial charge in [0.2, 0.25) is 0 Å². The van der Waals surface area contributed by atoms with Crippen molar-refractivity contribution in [2.45, 2.75) is 20.0 Å². The van der Waals surface area contributed by atoms with Crippen LogP contribution in [0.1, 0.15) is 27.2 Å². The summed E-state index contributed by atoms with van der Waals surface area (Å²) in [5, 5.41) is 11.6. The fourth-order valence-electron chi connectivity index (χ4n) is 3.43. The summed E-state index contributed by atoms with van der Waals surface area (Å²) in [5.74, 6) is -0.563. The van der Waals surface area contributed by atoms with Gasteiger partial charge in [-0.25, -0.2) is 9.37 Å². The zero-order valence-electron chi connectivity index (χ0n) is 16.8. The summed E-state index contributed by atoms with van der Waals surface area (Å²) in [6.45, 7) is 2.76. The van der Waals surface area contributed by atoms with Crippen LogP contribution in [0.4, 0.5) is 10.1 Å². The second-order valence-electron chi connectivity index (χ2n) is 7.10. The minimum absolute atomic E-state index is 0.257. The predicted octanol–water partition coefficient (Wildman–Crippen LogP) is 3.96. The summed E-state index contributed by atoms with van der Waals surface area (Å²) in [6.07, 6.45) is 1.57. The van der Waals surface area contributed by atoms with Crippen molar-refractivity contribution in [2.24, 2.45) is 7.05 Å². The van der Waals surface area contributed by atoms with E-state index in [1.807, 2.05) is 44.3 Å². The van der Waals surface area contributed by atoms with E-state index in [2.05, 4.69) is 20.7 Å². The smallest absolute Gasteiger partial charge is 0.255 e. The molecular weight excluding hydrogens is 381 g/mol. The number of aryl methyl sites for hydroxylation is 2. The molecule has 6 nitrogen and oxygen atoms in total. The van der Waals surface area contributed by atoms with Crippen LogP contribution in [0.5, 0.6) is 0 Å². The first-order valence-electron chi connectivity index (χ1n) is 9.65. The largest absolute Gasteiger partial charge is 0.380 e. The number of hydrogen-bond acceptors (Lipinski definition) is 4. The van der Waals surface area contributed by atoms with Gasteiger partial charge in [-0.2, -0.15) is 5.10 Å². The number of fused-ring (bicyclic) bond motifs is 1. The van der Waals surface area contributed by atoms with Crippen molar-refractivity contribution in [3.63, 3.8) is 0 Å². The summed E-state index contributed by atoms with van der Waals surface area (Å²) in [5.41, 5.74) is 4.56. The highest BCUT2D eigenvalue weighted by Crippen LogP contribution is 2.29. The third kappa shape index (κ3) is 4.00. The second kappa shape index (κ2) is 8.32. The van der Waals surface area contributed by atoms with Crippen LogP contribution in [0.15, 0.2) is 60.8 Å². The maximum Gasteiger partial charge on any atom is 0.255 e. The van der Waals surface area contributed by atoms with E-state index in [-0.39, 0.29) is 11.7 Å². The zero-order chi connectivity index (χ0) is 21.1.